The quantitative estimate of drug-likeness (QED) is 0.806. The van der Waals surface area contributed by atoms with Crippen LogP contribution in [0.25, 0.3) is 0 Å². The van der Waals surface area contributed by atoms with E-state index in [4.69, 9.17) is 10.5 Å². The van der Waals surface area contributed by atoms with Gasteiger partial charge in [0, 0.05) is 32.8 Å². The van der Waals surface area contributed by atoms with Crippen LogP contribution in [0.4, 0.5) is 0 Å². The molecule has 2 heterocycles. The highest BCUT2D eigenvalue weighted by Crippen LogP contribution is 2.29. The molecule has 1 amide bonds. The smallest absolute Gasteiger partial charge is 0.243 e. The summed E-state index contributed by atoms with van der Waals surface area (Å²) in [6.45, 7) is 5.28. The van der Waals surface area contributed by atoms with E-state index in [9.17, 15) is 13.2 Å². The van der Waals surface area contributed by atoms with Gasteiger partial charge in [0.05, 0.1) is 17.0 Å². The van der Waals surface area contributed by atoms with Gasteiger partial charge in [0.1, 0.15) is 0 Å². The van der Waals surface area contributed by atoms with Gasteiger partial charge in [-0.15, -0.1) is 0 Å². The average molecular weight is 396 g/mol. The van der Waals surface area contributed by atoms with Gasteiger partial charge in [-0.25, -0.2) is 8.42 Å². The van der Waals surface area contributed by atoms with E-state index in [0.29, 0.717) is 32.7 Å². The molecule has 2 aliphatic heterocycles. The third kappa shape index (κ3) is 4.03. The zero-order valence-electron chi connectivity index (χ0n) is 16.3. The van der Waals surface area contributed by atoms with Crippen LogP contribution in [-0.2, 0) is 32.5 Å². The van der Waals surface area contributed by atoms with Crippen molar-refractivity contribution in [1.29, 1.82) is 0 Å². The van der Waals surface area contributed by atoms with E-state index in [1.54, 1.807) is 42.3 Å². The molecule has 1 saturated heterocycles. The minimum absolute atomic E-state index is 0.118. The molecule has 7 nitrogen and oxygen atoms in total. The van der Waals surface area contributed by atoms with Gasteiger partial charge in [-0.05, 0) is 56.4 Å². The summed E-state index contributed by atoms with van der Waals surface area (Å²) in [6, 6.07) is 5.15. The summed E-state index contributed by atoms with van der Waals surface area (Å²) in [4.78, 5) is 14.5. The molecule has 0 bridgehead atoms. The molecule has 3 rings (SSSR count). The van der Waals surface area contributed by atoms with E-state index >= 15 is 0 Å². The first-order valence-electron chi connectivity index (χ1n) is 9.35. The van der Waals surface area contributed by atoms with Crippen molar-refractivity contribution in [3.63, 3.8) is 0 Å². The van der Waals surface area contributed by atoms with Crippen LogP contribution in [0, 0.1) is 0 Å². The van der Waals surface area contributed by atoms with Crippen molar-refractivity contribution in [2.24, 2.45) is 5.73 Å². The molecule has 0 radical (unpaired) electrons. The third-order valence-electron chi connectivity index (χ3n) is 5.32. The highest BCUT2D eigenvalue weighted by Gasteiger charge is 2.36. The minimum Gasteiger partial charge on any atom is -0.383 e. The van der Waals surface area contributed by atoms with E-state index in [2.05, 4.69) is 0 Å². The van der Waals surface area contributed by atoms with Gasteiger partial charge in [-0.2, -0.15) is 4.31 Å². The molecule has 1 atom stereocenters. The van der Waals surface area contributed by atoms with Gasteiger partial charge < -0.3 is 15.4 Å². The molecule has 1 aromatic rings. The van der Waals surface area contributed by atoms with Gasteiger partial charge in [-0.1, -0.05) is 6.07 Å². The summed E-state index contributed by atoms with van der Waals surface area (Å²) < 4.78 is 33.0. The van der Waals surface area contributed by atoms with E-state index in [0.717, 1.165) is 24.0 Å². The van der Waals surface area contributed by atoms with Crippen molar-refractivity contribution >= 4 is 15.9 Å². The topological polar surface area (TPSA) is 92.9 Å². The number of fused-ring (bicyclic) bond motifs is 1. The standard InChI is InChI=1S/C19H29N3O4S/c1-19(2,20)18(23)21-10-8-14-6-7-17(11-15(14)12-21)27(24,25)22-9-4-5-16(22)13-26-3/h6-7,11,16H,4-5,8-10,12-13,20H2,1-3H3/t16-/m0/s1. The number of nitrogens with two attached hydrogens (primary N) is 1. The molecule has 8 heteroatoms. The maximum absolute atomic E-state index is 13.1. The molecule has 150 valence electrons. The highest BCUT2D eigenvalue weighted by molar-refractivity contribution is 7.89. The van der Waals surface area contributed by atoms with Crippen molar-refractivity contribution in [2.45, 2.75) is 56.1 Å². The zero-order valence-corrected chi connectivity index (χ0v) is 17.1. The van der Waals surface area contributed by atoms with Crippen LogP contribution in [0.2, 0.25) is 0 Å². The Balaban J connectivity index is 1.87. The zero-order chi connectivity index (χ0) is 19.8. The van der Waals surface area contributed by atoms with Crippen molar-refractivity contribution in [3.05, 3.63) is 29.3 Å². The first-order valence-corrected chi connectivity index (χ1v) is 10.8. The fraction of sp³-hybridized carbons (Fsp3) is 0.632. The number of carbonyl (C=O) groups is 1. The summed E-state index contributed by atoms with van der Waals surface area (Å²) in [7, 11) is -1.99. The van der Waals surface area contributed by atoms with Gasteiger partial charge in [0.15, 0.2) is 0 Å². The second-order valence-corrected chi connectivity index (χ2v) is 9.89. The molecule has 0 spiro atoms. The van der Waals surface area contributed by atoms with Gasteiger partial charge in [0.2, 0.25) is 15.9 Å². The lowest BCUT2D eigenvalue weighted by Gasteiger charge is -2.33. The monoisotopic (exact) mass is 395 g/mol. The number of methoxy groups -OCH3 is 1. The lowest BCUT2D eigenvalue weighted by molar-refractivity contribution is -0.136. The highest BCUT2D eigenvalue weighted by atomic mass is 32.2. The fourth-order valence-electron chi connectivity index (χ4n) is 3.89. The summed E-state index contributed by atoms with van der Waals surface area (Å²) >= 11 is 0. The Hall–Kier alpha value is -1.48. The number of hydrogen-bond donors (Lipinski definition) is 1. The maximum Gasteiger partial charge on any atom is 0.243 e. The van der Waals surface area contributed by atoms with E-state index in [1.807, 2.05) is 6.07 Å². The van der Waals surface area contributed by atoms with Gasteiger partial charge in [-0.3, -0.25) is 4.79 Å². The Kier molecular flexibility index (Phi) is 5.63. The van der Waals surface area contributed by atoms with Crippen LogP contribution in [0.1, 0.15) is 37.8 Å². The largest absolute Gasteiger partial charge is 0.383 e. The van der Waals surface area contributed by atoms with Crippen LogP contribution in [0.15, 0.2) is 23.1 Å². The number of carbonyl (C=O) groups excluding carboxylic acids is 1. The van der Waals surface area contributed by atoms with Crippen LogP contribution in [-0.4, -0.2) is 61.9 Å². The van der Waals surface area contributed by atoms with Gasteiger partial charge >= 0.3 is 0 Å². The lowest BCUT2D eigenvalue weighted by atomic mass is 9.97. The number of nitrogens with zero attached hydrogens (tertiary/aromatic N) is 2. The molecule has 2 N–H and O–H groups in total. The molecule has 0 saturated carbocycles. The number of amides is 1. The first kappa shape index (κ1) is 20.3. The second kappa shape index (κ2) is 7.50. The lowest BCUT2D eigenvalue weighted by Crippen LogP contribution is -2.52. The molecule has 0 unspecified atom stereocenters. The normalized spacial score (nSPS) is 21.3. The predicted molar refractivity (Wildman–Crippen MR) is 103 cm³/mol. The minimum atomic E-state index is -3.58. The molecule has 2 aliphatic rings. The molecule has 1 fully saturated rings. The fourth-order valence-corrected chi connectivity index (χ4v) is 5.62. The number of ether oxygens (including phenoxy) is 1. The van der Waals surface area contributed by atoms with Crippen LogP contribution in [0.5, 0.6) is 0 Å². The Morgan fingerprint density at radius 1 is 1.30 bits per heavy atom. The third-order valence-corrected chi connectivity index (χ3v) is 7.27. The Morgan fingerprint density at radius 3 is 2.70 bits per heavy atom. The SMILES string of the molecule is COC[C@@H]1CCCN1S(=O)(=O)c1ccc2c(c1)CN(C(=O)C(C)(C)N)CC2. The second-order valence-electron chi connectivity index (χ2n) is 8.00. The predicted octanol–water partition coefficient (Wildman–Crippen LogP) is 1.11. The molecule has 0 aromatic heterocycles. The Morgan fingerprint density at radius 2 is 2.04 bits per heavy atom. The number of hydrogen-bond acceptors (Lipinski definition) is 5. The number of rotatable bonds is 5. The Labute approximate surface area is 161 Å². The Bertz CT molecular complexity index is 817. The number of sulfonamides is 1. The molecular formula is C19H29N3O4S. The first-order chi connectivity index (χ1) is 12.6. The summed E-state index contributed by atoms with van der Waals surface area (Å²) in [5, 5.41) is 0. The summed E-state index contributed by atoms with van der Waals surface area (Å²) in [5.41, 5.74) is 6.97. The van der Waals surface area contributed by atoms with Crippen LogP contribution < -0.4 is 5.73 Å². The van der Waals surface area contributed by atoms with E-state index in [1.165, 1.54) is 0 Å². The number of benzene rings is 1. The van der Waals surface area contributed by atoms with Crippen molar-refractivity contribution < 1.29 is 17.9 Å². The van der Waals surface area contributed by atoms with Crippen molar-refractivity contribution in [1.82, 2.24) is 9.21 Å². The maximum atomic E-state index is 13.1. The molecule has 27 heavy (non-hydrogen) atoms. The van der Waals surface area contributed by atoms with Crippen LogP contribution >= 0.6 is 0 Å². The van der Waals surface area contributed by atoms with Gasteiger partial charge in [0.25, 0.3) is 0 Å². The van der Waals surface area contributed by atoms with Crippen LogP contribution in [0.3, 0.4) is 0 Å². The average Bonchev–Trinajstić information content (AvgIpc) is 3.09. The summed E-state index contributed by atoms with van der Waals surface area (Å²) in [6.07, 6.45) is 2.35. The van der Waals surface area contributed by atoms with Crippen molar-refractivity contribution in [3.8, 4) is 0 Å². The molecular weight excluding hydrogens is 366 g/mol. The molecule has 1 aromatic carbocycles. The summed E-state index contributed by atoms with van der Waals surface area (Å²) in [5.74, 6) is -0.124. The van der Waals surface area contributed by atoms with Crippen molar-refractivity contribution in [2.75, 3.05) is 26.8 Å². The van der Waals surface area contributed by atoms with E-state index in [-0.39, 0.29) is 16.8 Å². The van der Waals surface area contributed by atoms with E-state index < -0.39 is 15.6 Å². The molecule has 0 aliphatic carbocycles.